The molecule has 1 saturated carbocycles. The van der Waals surface area contributed by atoms with Crippen molar-refractivity contribution in [2.75, 3.05) is 26.2 Å². The summed E-state index contributed by atoms with van der Waals surface area (Å²) in [6.45, 7) is 3.49. The average molecular weight is 371 g/mol. The minimum Gasteiger partial charge on any atom is -0.314 e. The fourth-order valence-electron chi connectivity index (χ4n) is 3.76. The maximum Gasteiger partial charge on any atom is 0.194 e. The molecule has 3 rings (SSSR count). The third kappa shape index (κ3) is 4.53. The Morgan fingerprint density at radius 1 is 0.957 bits per heavy atom. The number of halogens is 5. The van der Waals surface area contributed by atoms with Crippen LogP contribution in [-0.4, -0.2) is 31.1 Å². The van der Waals surface area contributed by atoms with Crippen LogP contribution in [0.15, 0.2) is 12.1 Å². The minimum absolute atomic E-state index is 0. The zero-order valence-electron chi connectivity index (χ0n) is 12.9. The van der Waals surface area contributed by atoms with Gasteiger partial charge >= 0.3 is 0 Å². The quantitative estimate of drug-likeness (QED) is 0.806. The molecule has 2 fully saturated rings. The standard InChI is InChI=1S/C16H21F3N2.2ClH/c17-13-9-12(10-14(18)15(13)19)16(11-3-1-2-4-11)21-7-5-20-6-8-21;;/h9-11,16,20H,1-8H2;2*1H/t16-;;/m1../s1. The molecular weight excluding hydrogens is 348 g/mol. The Kier molecular flexibility index (Phi) is 8.14. The van der Waals surface area contributed by atoms with E-state index in [4.69, 9.17) is 0 Å². The fraction of sp³-hybridized carbons (Fsp3) is 0.625. The van der Waals surface area contributed by atoms with Crippen LogP contribution < -0.4 is 5.32 Å². The Labute approximate surface area is 147 Å². The Hall–Kier alpha value is -0.490. The summed E-state index contributed by atoms with van der Waals surface area (Å²) in [5.41, 5.74) is 0.584. The lowest BCUT2D eigenvalue weighted by Crippen LogP contribution is -2.46. The molecule has 0 aromatic heterocycles. The molecule has 0 amide bonds. The number of rotatable bonds is 3. The van der Waals surface area contributed by atoms with E-state index in [-0.39, 0.29) is 30.9 Å². The van der Waals surface area contributed by atoms with Gasteiger partial charge in [-0.05, 0) is 36.5 Å². The molecule has 2 nitrogen and oxygen atoms in total. The monoisotopic (exact) mass is 370 g/mol. The van der Waals surface area contributed by atoms with Crippen molar-refractivity contribution in [2.24, 2.45) is 5.92 Å². The predicted molar refractivity (Wildman–Crippen MR) is 90.0 cm³/mol. The number of piperazine rings is 1. The van der Waals surface area contributed by atoms with Gasteiger partial charge in [0, 0.05) is 32.2 Å². The Balaban J connectivity index is 0.00000132. The molecule has 0 bridgehead atoms. The summed E-state index contributed by atoms with van der Waals surface area (Å²) in [4.78, 5) is 2.29. The van der Waals surface area contributed by atoms with E-state index in [0.717, 1.165) is 39.0 Å². The highest BCUT2D eigenvalue weighted by Crippen LogP contribution is 2.40. The van der Waals surface area contributed by atoms with Gasteiger partial charge in [-0.1, -0.05) is 12.8 Å². The zero-order chi connectivity index (χ0) is 14.8. The van der Waals surface area contributed by atoms with E-state index >= 15 is 0 Å². The fourth-order valence-corrected chi connectivity index (χ4v) is 3.76. The van der Waals surface area contributed by atoms with Gasteiger partial charge in [-0.25, -0.2) is 13.2 Å². The van der Waals surface area contributed by atoms with E-state index in [1.165, 1.54) is 25.0 Å². The second-order valence-electron chi connectivity index (χ2n) is 6.07. The van der Waals surface area contributed by atoms with Gasteiger partial charge in [-0.2, -0.15) is 0 Å². The van der Waals surface area contributed by atoms with Gasteiger partial charge in [-0.3, -0.25) is 4.90 Å². The average Bonchev–Trinajstić information content (AvgIpc) is 3.00. The molecule has 1 aromatic carbocycles. The Bertz CT molecular complexity index is 481. The molecule has 132 valence electrons. The van der Waals surface area contributed by atoms with Crippen LogP contribution in [0, 0.1) is 23.4 Å². The van der Waals surface area contributed by atoms with E-state index in [0.29, 0.717) is 11.5 Å². The van der Waals surface area contributed by atoms with Crippen molar-refractivity contribution in [3.63, 3.8) is 0 Å². The Morgan fingerprint density at radius 3 is 2.00 bits per heavy atom. The maximum atomic E-state index is 13.6. The van der Waals surface area contributed by atoms with Crippen LogP contribution in [0.1, 0.15) is 37.3 Å². The van der Waals surface area contributed by atoms with Gasteiger partial charge in [0.05, 0.1) is 0 Å². The minimum atomic E-state index is -1.37. The van der Waals surface area contributed by atoms with Gasteiger partial charge in [0.15, 0.2) is 17.5 Å². The molecule has 1 aromatic rings. The number of hydrogen-bond donors (Lipinski definition) is 1. The topological polar surface area (TPSA) is 15.3 Å². The summed E-state index contributed by atoms with van der Waals surface area (Å²) in [5.74, 6) is -3.12. The molecule has 7 heteroatoms. The summed E-state index contributed by atoms with van der Waals surface area (Å²) >= 11 is 0. The highest BCUT2D eigenvalue weighted by atomic mass is 35.5. The second-order valence-corrected chi connectivity index (χ2v) is 6.07. The van der Waals surface area contributed by atoms with Crippen molar-refractivity contribution >= 4 is 24.8 Å². The molecule has 0 spiro atoms. The third-order valence-electron chi connectivity index (χ3n) is 4.74. The molecular formula is C16H23Cl2F3N2. The first-order valence-corrected chi connectivity index (χ1v) is 7.76. The van der Waals surface area contributed by atoms with E-state index in [1.54, 1.807) is 0 Å². The maximum absolute atomic E-state index is 13.6. The molecule has 1 N–H and O–H groups in total. The Morgan fingerprint density at radius 2 is 1.48 bits per heavy atom. The van der Waals surface area contributed by atoms with Crippen LogP contribution in [0.25, 0.3) is 0 Å². The third-order valence-corrected chi connectivity index (χ3v) is 4.74. The summed E-state index contributed by atoms with van der Waals surface area (Å²) in [5, 5.41) is 3.29. The number of hydrogen-bond acceptors (Lipinski definition) is 2. The van der Waals surface area contributed by atoms with E-state index in [2.05, 4.69) is 10.2 Å². The molecule has 1 heterocycles. The number of nitrogens with one attached hydrogen (secondary N) is 1. The van der Waals surface area contributed by atoms with Crippen molar-refractivity contribution in [3.8, 4) is 0 Å². The molecule has 1 aliphatic carbocycles. The van der Waals surface area contributed by atoms with Crippen molar-refractivity contribution in [3.05, 3.63) is 35.1 Å². The lowest BCUT2D eigenvalue weighted by atomic mass is 9.89. The van der Waals surface area contributed by atoms with Gasteiger partial charge < -0.3 is 5.32 Å². The molecule has 23 heavy (non-hydrogen) atoms. The van der Waals surface area contributed by atoms with Crippen molar-refractivity contribution in [1.29, 1.82) is 0 Å². The molecule has 2 aliphatic rings. The van der Waals surface area contributed by atoms with Crippen LogP contribution in [0.2, 0.25) is 0 Å². The second kappa shape index (κ2) is 9.11. The molecule has 0 unspecified atom stereocenters. The first-order chi connectivity index (χ1) is 10.2. The molecule has 0 radical (unpaired) electrons. The largest absolute Gasteiger partial charge is 0.314 e. The molecule has 1 saturated heterocycles. The van der Waals surface area contributed by atoms with Crippen LogP contribution in [0.4, 0.5) is 13.2 Å². The smallest absolute Gasteiger partial charge is 0.194 e. The van der Waals surface area contributed by atoms with Gasteiger partial charge in [0.1, 0.15) is 0 Å². The highest BCUT2D eigenvalue weighted by Gasteiger charge is 2.32. The first kappa shape index (κ1) is 20.6. The van der Waals surface area contributed by atoms with Crippen molar-refractivity contribution < 1.29 is 13.2 Å². The van der Waals surface area contributed by atoms with E-state index in [9.17, 15) is 13.2 Å². The van der Waals surface area contributed by atoms with E-state index in [1.807, 2.05) is 0 Å². The van der Waals surface area contributed by atoms with Crippen LogP contribution in [0.3, 0.4) is 0 Å². The summed E-state index contributed by atoms with van der Waals surface area (Å²) in [6, 6.07) is 2.37. The summed E-state index contributed by atoms with van der Waals surface area (Å²) < 4.78 is 40.4. The number of benzene rings is 1. The SMILES string of the molecule is Cl.Cl.Fc1cc([C@@H](C2CCCC2)N2CCNCC2)cc(F)c1F. The summed E-state index contributed by atoms with van der Waals surface area (Å²) in [7, 11) is 0. The lowest BCUT2D eigenvalue weighted by Gasteiger charge is -2.38. The first-order valence-electron chi connectivity index (χ1n) is 7.76. The highest BCUT2D eigenvalue weighted by molar-refractivity contribution is 5.85. The van der Waals surface area contributed by atoms with Crippen LogP contribution in [0.5, 0.6) is 0 Å². The van der Waals surface area contributed by atoms with Crippen molar-refractivity contribution in [1.82, 2.24) is 10.2 Å². The normalized spacial score (nSPS) is 20.7. The van der Waals surface area contributed by atoms with Gasteiger partial charge in [0.2, 0.25) is 0 Å². The zero-order valence-corrected chi connectivity index (χ0v) is 14.5. The molecule has 1 aliphatic heterocycles. The number of nitrogens with zero attached hydrogens (tertiary/aromatic N) is 1. The van der Waals surface area contributed by atoms with Crippen LogP contribution in [-0.2, 0) is 0 Å². The summed E-state index contributed by atoms with van der Waals surface area (Å²) in [6.07, 6.45) is 4.49. The van der Waals surface area contributed by atoms with Crippen LogP contribution >= 0.6 is 24.8 Å². The van der Waals surface area contributed by atoms with Crippen molar-refractivity contribution in [2.45, 2.75) is 31.7 Å². The van der Waals surface area contributed by atoms with E-state index < -0.39 is 17.5 Å². The van der Waals surface area contributed by atoms with Gasteiger partial charge in [0.25, 0.3) is 0 Å². The predicted octanol–water partition coefficient (Wildman–Crippen LogP) is 4.08. The van der Waals surface area contributed by atoms with Gasteiger partial charge in [-0.15, -0.1) is 24.8 Å². The lowest BCUT2D eigenvalue weighted by molar-refractivity contribution is 0.125. The molecule has 1 atom stereocenters.